The smallest absolute Gasteiger partial charge is 0.406 e. The van der Waals surface area contributed by atoms with Crippen molar-refractivity contribution in [1.82, 2.24) is 0 Å². The third-order valence-corrected chi connectivity index (χ3v) is 2.79. The predicted molar refractivity (Wildman–Crippen MR) is 76.2 cm³/mol. The van der Waals surface area contributed by atoms with Gasteiger partial charge in [-0.05, 0) is 23.8 Å². The van der Waals surface area contributed by atoms with Gasteiger partial charge >= 0.3 is 6.36 Å². The van der Waals surface area contributed by atoms with E-state index in [9.17, 15) is 18.0 Å². The first-order chi connectivity index (χ1) is 10.4. The van der Waals surface area contributed by atoms with E-state index in [2.05, 4.69) is 10.1 Å². The highest BCUT2D eigenvalue weighted by Gasteiger charge is 2.30. The van der Waals surface area contributed by atoms with Crippen molar-refractivity contribution in [1.29, 1.82) is 0 Å². The number of benzene rings is 2. The zero-order chi connectivity index (χ0) is 16.2. The van der Waals surface area contributed by atoms with E-state index >= 15 is 0 Å². The Morgan fingerprint density at radius 1 is 1.09 bits per heavy atom. The van der Waals surface area contributed by atoms with Gasteiger partial charge in [0.25, 0.3) is 0 Å². The molecule has 0 spiro atoms. The Morgan fingerprint density at radius 3 is 2.32 bits per heavy atom. The molecule has 0 atom stereocenters. The van der Waals surface area contributed by atoms with Crippen LogP contribution in [0.2, 0.25) is 0 Å². The van der Waals surface area contributed by atoms with Crippen molar-refractivity contribution in [3.05, 3.63) is 48.5 Å². The van der Waals surface area contributed by atoms with E-state index in [0.29, 0.717) is 16.8 Å². The lowest BCUT2D eigenvalue weighted by Gasteiger charge is -2.12. The van der Waals surface area contributed by atoms with Crippen LogP contribution in [0.5, 0.6) is 5.75 Å². The number of para-hydroxylation sites is 1. The van der Waals surface area contributed by atoms with Gasteiger partial charge in [-0.1, -0.05) is 30.3 Å². The minimum Gasteiger partial charge on any atom is -0.406 e. The third-order valence-electron chi connectivity index (χ3n) is 2.79. The second-order valence-corrected chi connectivity index (χ2v) is 4.37. The number of rotatable bonds is 4. The Hall–Kier alpha value is -2.54. The Balaban J connectivity index is 2.27. The van der Waals surface area contributed by atoms with Crippen LogP contribution in [-0.2, 0) is 4.79 Å². The largest absolute Gasteiger partial charge is 0.573 e. The summed E-state index contributed by atoms with van der Waals surface area (Å²) in [6, 6.07) is 12.3. The summed E-state index contributed by atoms with van der Waals surface area (Å²) in [7, 11) is 0. The molecular weight excluding hydrogens is 297 g/mol. The third kappa shape index (κ3) is 4.23. The Labute approximate surface area is 124 Å². The van der Waals surface area contributed by atoms with E-state index in [0.717, 1.165) is 0 Å². The first kappa shape index (κ1) is 15.8. The van der Waals surface area contributed by atoms with Crippen LogP contribution in [0.1, 0.15) is 0 Å². The minimum atomic E-state index is -4.73. The summed E-state index contributed by atoms with van der Waals surface area (Å²) in [5.41, 5.74) is 7.09. The number of alkyl halides is 3. The van der Waals surface area contributed by atoms with Gasteiger partial charge in [0.2, 0.25) is 5.91 Å². The summed E-state index contributed by atoms with van der Waals surface area (Å²) in [6.45, 7) is -0.160. The van der Waals surface area contributed by atoms with Crippen LogP contribution < -0.4 is 15.8 Å². The number of nitrogens with two attached hydrogens (primary N) is 1. The van der Waals surface area contributed by atoms with E-state index in [1.165, 1.54) is 24.3 Å². The van der Waals surface area contributed by atoms with Crippen molar-refractivity contribution >= 4 is 11.6 Å². The highest BCUT2D eigenvalue weighted by Crippen LogP contribution is 2.30. The molecule has 0 heterocycles. The van der Waals surface area contributed by atoms with Gasteiger partial charge in [0.15, 0.2) is 0 Å². The fraction of sp³-hybridized carbons (Fsp3) is 0.133. The van der Waals surface area contributed by atoms with Crippen LogP contribution in [0.3, 0.4) is 0 Å². The van der Waals surface area contributed by atoms with E-state index in [1.807, 2.05) is 0 Å². The van der Waals surface area contributed by atoms with E-state index in [4.69, 9.17) is 5.73 Å². The quantitative estimate of drug-likeness (QED) is 0.912. The van der Waals surface area contributed by atoms with Crippen LogP contribution in [0.15, 0.2) is 48.5 Å². The summed E-state index contributed by atoms with van der Waals surface area (Å²) in [5, 5.41) is 2.64. The highest BCUT2D eigenvalue weighted by atomic mass is 19.4. The molecule has 0 fully saturated rings. The number of amides is 1. The van der Waals surface area contributed by atoms with E-state index in [-0.39, 0.29) is 18.2 Å². The van der Waals surface area contributed by atoms with Gasteiger partial charge in [0.05, 0.1) is 6.54 Å². The standard InChI is InChI=1S/C15H13F3N2O2/c16-15(17,18)22-11-7-5-10(6-8-11)12-3-1-2-4-13(12)20-14(21)9-19/h1-8H,9,19H2,(H,20,21). The number of nitrogens with one attached hydrogen (secondary N) is 1. The van der Waals surface area contributed by atoms with Crippen LogP contribution in [0, 0.1) is 0 Å². The SMILES string of the molecule is NCC(=O)Nc1ccccc1-c1ccc(OC(F)(F)F)cc1. The highest BCUT2D eigenvalue weighted by molar-refractivity contribution is 5.96. The fourth-order valence-corrected chi connectivity index (χ4v) is 1.88. The maximum Gasteiger partial charge on any atom is 0.573 e. The van der Waals surface area contributed by atoms with Gasteiger partial charge in [0.1, 0.15) is 5.75 Å². The van der Waals surface area contributed by atoms with Crippen LogP contribution >= 0.6 is 0 Å². The number of anilines is 1. The second-order valence-electron chi connectivity index (χ2n) is 4.37. The Bertz CT molecular complexity index is 655. The molecule has 2 rings (SSSR count). The van der Waals surface area contributed by atoms with E-state index < -0.39 is 6.36 Å². The normalized spacial score (nSPS) is 11.1. The van der Waals surface area contributed by atoms with Crippen molar-refractivity contribution in [3.8, 4) is 16.9 Å². The molecule has 0 radical (unpaired) electrons. The van der Waals surface area contributed by atoms with E-state index in [1.54, 1.807) is 24.3 Å². The molecule has 2 aromatic rings. The Kier molecular flexibility index (Phi) is 4.67. The molecule has 0 aliphatic heterocycles. The van der Waals surface area contributed by atoms with Gasteiger partial charge in [-0.3, -0.25) is 4.79 Å². The number of carbonyl (C=O) groups excluding carboxylic acids is 1. The fourth-order valence-electron chi connectivity index (χ4n) is 1.88. The molecule has 1 amide bonds. The second kappa shape index (κ2) is 6.48. The molecule has 4 nitrogen and oxygen atoms in total. The van der Waals surface area contributed by atoms with Crippen molar-refractivity contribution in [2.75, 3.05) is 11.9 Å². The maximum absolute atomic E-state index is 12.1. The van der Waals surface area contributed by atoms with Crippen LogP contribution in [0.4, 0.5) is 18.9 Å². The van der Waals surface area contributed by atoms with Crippen molar-refractivity contribution < 1.29 is 22.7 Å². The summed E-state index contributed by atoms with van der Waals surface area (Å²) >= 11 is 0. The topological polar surface area (TPSA) is 64.4 Å². The van der Waals surface area contributed by atoms with Gasteiger partial charge < -0.3 is 15.8 Å². The van der Waals surface area contributed by atoms with Gasteiger partial charge in [-0.2, -0.15) is 0 Å². The average Bonchev–Trinajstić information content (AvgIpc) is 2.47. The lowest BCUT2D eigenvalue weighted by Crippen LogP contribution is -2.22. The zero-order valence-electron chi connectivity index (χ0n) is 11.4. The summed E-state index contributed by atoms with van der Waals surface area (Å²) < 4.78 is 40.2. The molecule has 0 saturated heterocycles. The molecule has 7 heteroatoms. The summed E-state index contributed by atoms with van der Waals surface area (Å²) in [5.74, 6) is -0.663. The number of halogens is 3. The average molecular weight is 310 g/mol. The number of ether oxygens (including phenoxy) is 1. The molecular formula is C15H13F3N2O2. The lowest BCUT2D eigenvalue weighted by atomic mass is 10.0. The van der Waals surface area contributed by atoms with Crippen molar-refractivity contribution in [2.24, 2.45) is 5.73 Å². The molecule has 22 heavy (non-hydrogen) atoms. The molecule has 0 aromatic heterocycles. The number of hydrogen-bond donors (Lipinski definition) is 2. The molecule has 0 saturated carbocycles. The molecule has 3 N–H and O–H groups in total. The summed E-state index contributed by atoms with van der Waals surface area (Å²) in [4.78, 5) is 11.4. The van der Waals surface area contributed by atoms with Crippen molar-refractivity contribution in [3.63, 3.8) is 0 Å². The van der Waals surface area contributed by atoms with Crippen LogP contribution in [-0.4, -0.2) is 18.8 Å². The van der Waals surface area contributed by atoms with Gasteiger partial charge in [-0.15, -0.1) is 13.2 Å². The van der Waals surface area contributed by atoms with Gasteiger partial charge in [0, 0.05) is 11.3 Å². The molecule has 0 aliphatic rings. The zero-order valence-corrected chi connectivity index (χ0v) is 11.4. The van der Waals surface area contributed by atoms with Crippen LogP contribution in [0.25, 0.3) is 11.1 Å². The van der Waals surface area contributed by atoms with Gasteiger partial charge in [-0.25, -0.2) is 0 Å². The number of carbonyl (C=O) groups is 1. The maximum atomic E-state index is 12.1. The lowest BCUT2D eigenvalue weighted by molar-refractivity contribution is -0.274. The Morgan fingerprint density at radius 2 is 1.73 bits per heavy atom. The molecule has 2 aromatic carbocycles. The molecule has 116 valence electrons. The molecule has 0 aliphatic carbocycles. The molecule has 0 bridgehead atoms. The summed E-state index contributed by atoms with van der Waals surface area (Å²) in [6.07, 6.45) is -4.73. The van der Waals surface area contributed by atoms with Crippen molar-refractivity contribution in [2.45, 2.75) is 6.36 Å². The first-order valence-corrected chi connectivity index (χ1v) is 6.34. The molecule has 0 unspecified atom stereocenters. The monoisotopic (exact) mass is 310 g/mol. The minimum absolute atomic E-state index is 0.160. The first-order valence-electron chi connectivity index (χ1n) is 6.34. The predicted octanol–water partition coefficient (Wildman–Crippen LogP) is 3.15. The number of hydrogen-bond acceptors (Lipinski definition) is 3.